The van der Waals surface area contributed by atoms with Crippen molar-refractivity contribution in [1.82, 2.24) is 4.98 Å². The standard InChI is InChI=1S/C22H21ClN2O2/c23-21(14-6-2-1-3-7-14)16-9-4-10-18-20(16)17(22(27)25-18)12-19(26)15-8-5-11-24-13-15/h4-5,8-14,21H,1-3,6-7H2,(H,25,27)/b17-12+. The summed E-state index contributed by atoms with van der Waals surface area (Å²) in [5.74, 6) is -0.0974. The molecule has 1 aliphatic carbocycles. The fourth-order valence-electron chi connectivity index (χ4n) is 4.05. The minimum Gasteiger partial charge on any atom is -0.321 e. The number of pyridine rings is 1. The molecule has 1 amide bonds. The zero-order valence-electron chi connectivity index (χ0n) is 15.0. The van der Waals surface area contributed by atoms with E-state index in [-0.39, 0.29) is 17.1 Å². The molecule has 2 aromatic rings. The van der Waals surface area contributed by atoms with Crippen LogP contribution in [0.15, 0.2) is 48.8 Å². The molecule has 0 saturated heterocycles. The number of benzene rings is 1. The van der Waals surface area contributed by atoms with E-state index in [2.05, 4.69) is 10.3 Å². The third kappa shape index (κ3) is 3.54. The molecule has 27 heavy (non-hydrogen) atoms. The number of nitrogens with one attached hydrogen (secondary N) is 1. The molecule has 1 unspecified atom stereocenters. The lowest BCUT2D eigenvalue weighted by Gasteiger charge is -2.27. The molecule has 0 bridgehead atoms. The maximum atomic E-state index is 12.6. The average molecular weight is 381 g/mol. The number of hydrogen-bond acceptors (Lipinski definition) is 3. The van der Waals surface area contributed by atoms with Crippen LogP contribution >= 0.6 is 11.6 Å². The second-order valence-electron chi connectivity index (χ2n) is 7.19. The van der Waals surface area contributed by atoms with E-state index in [0.717, 1.165) is 29.7 Å². The van der Waals surface area contributed by atoms with E-state index in [1.165, 1.54) is 31.5 Å². The number of allylic oxidation sites excluding steroid dienone is 1. The fourth-order valence-corrected chi connectivity index (χ4v) is 4.48. The summed E-state index contributed by atoms with van der Waals surface area (Å²) in [7, 11) is 0. The average Bonchev–Trinajstić information content (AvgIpc) is 3.04. The van der Waals surface area contributed by atoms with Gasteiger partial charge in [0.1, 0.15) is 0 Å². The smallest absolute Gasteiger partial charge is 0.256 e. The highest BCUT2D eigenvalue weighted by Gasteiger charge is 2.32. The lowest BCUT2D eigenvalue weighted by Crippen LogP contribution is -2.13. The maximum absolute atomic E-state index is 12.6. The number of anilines is 1. The van der Waals surface area contributed by atoms with Crippen molar-refractivity contribution in [1.29, 1.82) is 0 Å². The van der Waals surface area contributed by atoms with Gasteiger partial charge in [0, 0.05) is 29.2 Å². The van der Waals surface area contributed by atoms with Gasteiger partial charge in [-0.15, -0.1) is 11.6 Å². The molecule has 2 heterocycles. The molecular formula is C22H21ClN2O2. The van der Waals surface area contributed by atoms with Crippen LogP contribution in [-0.4, -0.2) is 16.7 Å². The number of ketones is 1. The Morgan fingerprint density at radius 3 is 2.74 bits per heavy atom. The highest BCUT2D eigenvalue weighted by atomic mass is 35.5. The Bertz CT molecular complexity index is 902. The predicted octanol–water partition coefficient (Wildman–Crippen LogP) is 5.16. The minimum absolute atomic E-state index is 0.162. The van der Waals surface area contributed by atoms with E-state index >= 15 is 0 Å². The molecule has 1 N–H and O–H groups in total. The number of carbonyl (C=O) groups excluding carboxylic acids is 2. The molecule has 1 aliphatic heterocycles. The number of fused-ring (bicyclic) bond motifs is 1. The SMILES string of the molecule is O=C1Nc2cccc(C(Cl)C3CCCCC3)c2/C1=C\C(=O)c1cccnc1. The normalized spacial score (nSPS) is 19.6. The summed E-state index contributed by atoms with van der Waals surface area (Å²) in [6, 6.07) is 9.15. The molecule has 4 nitrogen and oxygen atoms in total. The fraction of sp³-hybridized carbons (Fsp3) is 0.318. The highest BCUT2D eigenvalue weighted by molar-refractivity contribution is 6.36. The molecule has 1 aromatic heterocycles. The summed E-state index contributed by atoms with van der Waals surface area (Å²) >= 11 is 6.87. The third-order valence-corrected chi connectivity index (χ3v) is 6.03. The molecule has 1 fully saturated rings. The van der Waals surface area contributed by atoms with Crippen molar-refractivity contribution >= 4 is 34.6 Å². The first kappa shape index (κ1) is 17.9. The number of nitrogens with zero attached hydrogens (tertiary/aromatic N) is 1. The molecule has 0 spiro atoms. The van der Waals surface area contributed by atoms with E-state index in [9.17, 15) is 9.59 Å². The van der Waals surface area contributed by atoms with Gasteiger partial charge in [-0.2, -0.15) is 0 Å². The van der Waals surface area contributed by atoms with E-state index in [1.54, 1.807) is 18.3 Å². The lowest BCUT2D eigenvalue weighted by molar-refractivity contribution is -0.110. The Kier molecular flexibility index (Phi) is 5.08. The predicted molar refractivity (Wildman–Crippen MR) is 107 cm³/mol. The molecule has 1 aromatic carbocycles. The van der Waals surface area contributed by atoms with Crippen molar-refractivity contribution in [2.45, 2.75) is 37.5 Å². The number of halogens is 1. The number of rotatable bonds is 4. The quantitative estimate of drug-likeness (QED) is 0.452. The van der Waals surface area contributed by atoms with Gasteiger partial charge in [-0.3, -0.25) is 14.6 Å². The van der Waals surface area contributed by atoms with Crippen LogP contribution in [0.5, 0.6) is 0 Å². The molecule has 4 rings (SSSR count). The summed E-state index contributed by atoms with van der Waals surface area (Å²) < 4.78 is 0. The van der Waals surface area contributed by atoms with Crippen LogP contribution in [0.2, 0.25) is 0 Å². The molecule has 138 valence electrons. The maximum Gasteiger partial charge on any atom is 0.256 e. The van der Waals surface area contributed by atoms with Crippen molar-refractivity contribution in [3.05, 3.63) is 65.5 Å². The van der Waals surface area contributed by atoms with Crippen LogP contribution in [0, 0.1) is 5.92 Å². The van der Waals surface area contributed by atoms with Gasteiger partial charge < -0.3 is 5.32 Å². The number of carbonyl (C=O) groups is 2. The summed E-state index contributed by atoms with van der Waals surface area (Å²) in [6.45, 7) is 0. The van der Waals surface area contributed by atoms with E-state index in [4.69, 9.17) is 11.6 Å². The summed E-state index contributed by atoms with van der Waals surface area (Å²) in [6.07, 6.45) is 10.4. The molecular weight excluding hydrogens is 360 g/mol. The Morgan fingerprint density at radius 2 is 2.00 bits per heavy atom. The first-order chi connectivity index (χ1) is 13.1. The van der Waals surface area contributed by atoms with E-state index < -0.39 is 0 Å². The second-order valence-corrected chi connectivity index (χ2v) is 7.66. The molecule has 2 aliphatic rings. The molecule has 0 radical (unpaired) electrons. The van der Waals surface area contributed by atoms with Gasteiger partial charge >= 0.3 is 0 Å². The third-order valence-electron chi connectivity index (χ3n) is 5.44. The summed E-state index contributed by atoms with van der Waals surface area (Å²) in [5, 5.41) is 2.71. The van der Waals surface area contributed by atoms with Crippen LogP contribution in [0.25, 0.3) is 5.57 Å². The molecule has 1 atom stereocenters. The van der Waals surface area contributed by atoms with Crippen molar-refractivity contribution in [2.75, 3.05) is 5.32 Å². The van der Waals surface area contributed by atoms with Crippen LogP contribution < -0.4 is 5.32 Å². The van der Waals surface area contributed by atoms with Crippen LogP contribution in [0.3, 0.4) is 0 Å². The van der Waals surface area contributed by atoms with Gasteiger partial charge in [0.25, 0.3) is 5.91 Å². The summed E-state index contributed by atoms with van der Waals surface area (Å²) in [4.78, 5) is 29.1. The van der Waals surface area contributed by atoms with Crippen molar-refractivity contribution in [3.8, 4) is 0 Å². The zero-order chi connectivity index (χ0) is 18.8. The van der Waals surface area contributed by atoms with E-state index in [1.807, 2.05) is 18.2 Å². The lowest BCUT2D eigenvalue weighted by atomic mass is 9.82. The Hall–Kier alpha value is -2.46. The molecule has 5 heteroatoms. The number of alkyl halides is 1. The Balaban J connectivity index is 1.72. The van der Waals surface area contributed by atoms with E-state index in [0.29, 0.717) is 17.1 Å². The minimum atomic E-state index is -0.262. The molecule has 1 saturated carbocycles. The van der Waals surface area contributed by atoms with Gasteiger partial charge in [0.05, 0.1) is 11.0 Å². The van der Waals surface area contributed by atoms with Crippen LogP contribution in [0.4, 0.5) is 5.69 Å². The first-order valence-corrected chi connectivity index (χ1v) is 9.83. The highest BCUT2D eigenvalue weighted by Crippen LogP contribution is 2.45. The number of amides is 1. The van der Waals surface area contributed by atoms with Crippen molar-refractivity contribution < 1.29 is 9.59 Å². The van der Waals surface area contributed by atoms with Gasteiger partial charge in [-0.05, 0) is 48.6 Å². The number of aromatic nitrogens is 1. The summed E-state index contributed by atoms with van der Waals surface area (Å²) in [5.41, 5.74) is 3.27. The van der Waals surface area contributed by atoms with Gasteiger partial charge in [-0.1, -0.05) is 31.4 Å². The topological polar surface area (TPSA) is 59.1 Å². The van der Waals surface area contributed by atoms with Crippen molar-refractivity contribution in [2.24, 2.45) is 5.92 Å². The van der Waals surface area contributed by atoms with Crippen molar-refractivity contribution in [3.63, 3.8) is 0 Å². The number of hydrogen-bond donors (Lipinski definition) is 1. The van der Waals surface area contributed by atoms with Gasteiger partial charge in [-0.25, -0.2) is 0 Å². The van der Waals surface area contributed by atoms with Crippen LogP contribution in [0.1, 0.15) is 59.0 Å². The Morgan fingerprint density at radius 1 is 1.19 bits per heavy atom. The monoisotopic (exact) mass is 380 g/mol. The zero-order valence-corrected chi connectivity index (χ0v) is 15.7. The van der Waals surface area contributed by atoms with Gasteiger partial charge in [0.15, 0.2) is 5.78 Å². The van der Waals surface area contributed by atoms with Gasteiger partial charge in [0.2, 0.25) is 0 Å². The largest absolute Gasteiger partial charge is 0.321 e. The second kappa shape index (κ2) is 7.65. The first-order valence-electron chi connectivity index (χ1n) is 9.40. The Labute approximate surface area is 163 Å². The van der Waals surface area contributed by atoms with Crippen LogP contribution in [-0.2, 0) is 4.79 Å².